The minimum absolute atomic E-state index is 0.00478. The molecule has 0 saturated heterocycles. The van der Waals surface area contributed by atoms with Crippen LogP contribution < -0.4 is 0 Å². The highest BCUT2D eigenvalue weighted by molar-refractivity contribution is 6.02. The molecule has 0 aliphatic carbocycles. The zero-order chi connectivity index (χ0) is 18.5. The van der Waals surface area contributed by atoms with Crippen molar-refractivity contribution in [3.8, 4) is 11.4 Å². The molecule has 1 heterocycles. The van der Waals surface area contributed by atoms with Gasteiger partial charge in [-0.1, -0.05) is 36.4 Å². The Hall–Kier alpha value is -3.28. The molecular weight excluding hydrogens is 332 g/mol. The van der Waals surface area contributed by atoms with Crippen molar-refractivity contribution in [1.29, 1.82) is 0 Å². The van der Waals surface area contributed by atoms with Crippen LogP contribution >= 0.6 is 0 Å². The van der Waals surface area contributed by atoms with E-state index in [1.54, 1.807) is 13.8 Å². The van der Waals surface area contributed by atoms with Crippen LogP contribution in [0.15, 0.2) is 48.7 Å². The first kappa shape index (κ1) is 17.5. The molecule has 132 valence electrons. The van der Waals surface area contributed by atoms with Gasteiger partial charge in [0.25, 0.3) is 0 Å². The van der Waals surface area contributed by atoms with Crippen molar-refractivity contribution in [2.45, 2.75) is 13.8 Å². The van der Waals surface area contributed by atoms with E-state index in [2.05, 4.69) is 9.97 Å². The molecule has 26 heavy (non-hydrogen) atoms. The molecule has 0 radical (unpaired) electrons. The Morgan fingerprint density at radius 1 is 0.923 bits per heavy atom. The Labute approximate surface area is 150 Å². The number of benzene rings is 2. The zero-order valence-electron chi connectivity index (χ0n) is 14.6. The van der Waals surface area contributed by atoms with E-state index in [4.69, 9.17) is 9.47 Å². The Morgan fingerprint density at radius 2 is 1.62 bits per heavy atom. The fraction of sp³-hybridized carbons (Fsp3) is 0.200. The quantitative estimate of drug-likeness (QED) is 0.654. The maximum Gasteiger partial charge on any atom is 0.357 e. The number of rotatable bonds is 5. The number of carbonyl (C=O) groups excluding carboxylic acids is 2. The number of fused-ring (bicyclic) bond motifs is 1. The molecule has 0 aliphatic heterocycles. The molecule has 6 heteroatoms. The SMILES string of the molecule is CCOC(=O)c1cnc(-c2ccc3ccccc3c2)nc1C(=O)OCC. The molecule has 0 aliphatic rings. The Bertz CT molecular complexity index is 969. The fourth-order valence-electron chi connectivity index (χ4n) is 2.56. The highest BCUT2D eigenvalue weighted by atomic mass is 16.5. The summed E-state index contributed by atoms with van der Waals surface area (Å²) in [7, 11) is 0. The topological polar surface area (TPSA) is 78.4 Å². The second-order valence-electron chi connectivity index (χ2n) is 5.46. The van der Waals surface area contributed by atoms with Crippen molar-refractivity contribution in [1.82, 2.24) is 9.97 Å². The highest BCUT2D eigenvalue weighted by Crippen LogP contribution is 2.23. The summed E-state index contributed by atoms with van der Waals surface area (Å²) in [6, 6.07) is 13.7. The molecule has 0 atom stereocenters. The molecule has 0 amide bonds. The van der Waals surface area contributed by atoms with E-state index in [-0.39, 0.29) is 24.5 Å². The molecule has 3 aromatic rings. The second kappa shape index (κ2) is 7.74. The number of hydrogen-bond donors (Lipinski definition) is 0. The maximum absolute atomic E-state index is 12.2. The molecule has 0 unspecified atom stereocenters. The minimum Gasteiger partial charge on any atom is -0.462 e. The molecular formula is C20H18N2O4. The molecule has 3 rings (SSSR count). The number of ether oxygens (including phenoxy) is 2. The van der Waals surface area contributed by atoms with Crippen molar-refractivity contribution < 1.29 is 19.1 Å². The van der Waals surface area contributed by atoms with Gasteiger partial charge in [0.1, 0.15) is 5.56 Å². The predicted octanol–water partition coefficient (Wildman–Crippen LogP) is 3.65. The predicted molar refractivity (Wildman–Crippen MR) is 96.9 cm³/mol. The molecule has 6 nitrogen and oxygen atoms in total. The lowest BCUT2D eigenvalue weighted by atomic mass is 10.1. The number of carbonyl (C=O) groups is 2. The average molecular weight is 350 g/mol. The minimum atomic E-state index is -0.681. The van der Waals surface area contributed by atoms with E-state index in [1.807, 2.05) is 42.5 Å². The lowest BCUT2D eigenvalue weighted by Gasteiger charge is -2.09. The molecule has 0 N–H and O–H groups in total. The van der Waals surface area contributed by atoms with E-state index in [9.17, 15) is 9.59 Å². The third-order valence-electron chi connectivity index (χ3n) is 3.76. The maximum atomic E-state index is 12.2. The monoisotopic (exact) mass is 350 g/mol. The van der Waals surface area contributed by atoms with E-state index in [0.29, 0.717) is 5.82 Å². The first-order valence-corrected chi connectivity index (χ1v) is 8.34. The van der Waals surface area contributed by atoms with Gasteiger partial charge in [0, 0.05) is 11.8 Å². The summed E-state index contributed by atoms with van der Waals surface area (Å²) in [5.41, 5.74) is 0.642. The Balaban J connectivity index is 2.08. The van der Waals surface area contributed by atoms with Gasteiger partial charge in [-0.05, 0) is 30.7 Å². The normalized spacial score (nSPS) is 10.5. The van der Waals surface area contributed by atoms with Crippen molar-refractivity contribution in [2.75, 3.05) is 13.2 Å². The van der Waals surface area contributed by atoms with Gasteiger partial charge >= 0.3 is 11.9 Å². The molecule has 0 bridgehead atoms. The smallest absolute Gasteiger partial charge is 0.357 e. The van der Waals surface area contributed by atoms with Crippen molar-refractivity contribution in [2.24, 2.45) is 0 Å². The molecule has 0 spiro atoms. The fourth-order valence-corrected chi connectivity index (χ4v) is 2.56. The van der Waals surface area contributed by atoms with E-state index in [1.165, 1.54) is 6.20 Å². The van der Waals surface area contributed by atoms with Crippen molar-refractivity contribution in [3.05, 3.63) is 59.9 Å². The van der Waals surface area contributed by atoms with Crippen LogP contribution in [0.4, 0.5) is 0 Å². The Morgan fingerprint density at radius 3 is 2.35 bits per heavy atom. The van der Waals surface area contributed by atoms with Crippen LogP contribution in [0, 0.1) is 0 Å². The number of hydrogen-bond acceptors (Lipinski definition) is 6. The van der Waals surface area contributed by atoms with Crippen LogP contribution in [0.2, 0.25) is 0 Å². The summed E-state index contributed by atoms with van der Waals surface area (Å²) in [6.45, 7) is 3.74. The number of aromatic nitrogens is 2. The van der Waals surface area contributed by atoms with Gasteiger partial charge in [-0.25, -0.2) is 19.6 Å². The van der Waals surface area contributed by atoms with Crippen LogP contribution in [-0.4, -0.2) is 35.1 Å². The first-order valence-electron chi connectivity index (χ1n) is 8.34. The van der Waals surface area contributed by atoms with Gasteiger partial charge in [-0.3, -0.25) is 0 Å². The van der Waals surface area contributed by atoms with Gasteiger partial charge in [0.05, 0.1) is 13.2 Å². The largest absolute Gasteiger partial charge is 0.462 e. The van der Waals surface area contributed by atoms with Crippen LogP contribution in [0.5, 0.6) is 0 Å². The Kier molecular flexibility index (Phi) is 5.22. The van der Waals surface area contributed by atoms with Gasteiger partial charge in [-0.15, -0.1) is 0 Å². The number of esters is 2. The molecule has 0 saturated carbocycles. The standard InChI is InChI=1S/C20H18N2O4/c1-3-25-19(23)16-12-21-18(22-17(16)20(24)26-4-2)15-10-9-13-7-5-6-8-14(13)11-15/h5-12H,3-4H2,1-2H3. The van der Waals surface area contributed by atoms with Gasteiger partial charge in [0.15, 0.2) is 11.5 Å². The third kappa shape index (κ3) is 3.54. The van der Waals surface area contributed by atoms with Crippen molar-refractivity contribution in [3.63, 3.8) is 0 Å². The molecule has 0 fully saturated rings. The number of nitrogens with zero attached hydrogens (tertiary/aromatic N) is 2. The van der Waals surface area contributed by atoms with E-state index < -0.39 is 11.9 Å². The van der Waals surface area contributed by atoms with Crippen LogP contribution in [0.1, 0.15) is 34.7 Å². The zero-order valence-corrected chi connectivity index (χ0v) is 14.6. The summed E-state index contributed by atoms with van der Waals surface area (Å²) in [5, 5.41) is 2.12. The summed E-state index contributed by atoms with van der Waals surface area (Å²) in [4.78, 5) is 32.9. The van der Waals surface area contributed by atoms with E-state index >= 15 is 0 Å². The van der Waals surface area contributed by atoms with Crippen LogP contribution in [0.3, 0.4) is 0 Å². The van der Waals surface area contributed by atoms with Crippen molar-refractivity contribution >= 4 is 22.7 Å². The van der Waals surface area contributed by atoms with Gasteiger partial charge < -0.3 is 9.47 Å². The summed E-state index contributed by atoms with van der Waals surface area (Å²) < 4.78 is 9.99. The molecule has 2 aromatic carbocycles. The summed E-state index contributed by atoms with van der Waals surface area (Å²) in [6.07, 6.45) is 1.31. The average Bonchev–Trinajstić information content (AvgIpc) is 2.67. The van der Waals surface area contributed by atoms with Crippen LogP contribution in [-0.2, 0) is 9.47 Å². The highest BCUT2D eigenvalue weighted by Gasteiger charge is 2.23. The summed E-state index contributed by atoms with van der Waals surface area (Å²) in [5.74, 6) is -0.993. The van der Waals surface area contributed by atoms with E-state index in [0.717, 1.165) is 16.3 Å². The third-order valence-corrected chi connectivity index (χ3v) is 3.76. The van der Waals surface area contributed by atoms with Crippen LogP contribution in [0.25, 0.3) is 22.2 Å². The van der Waals surface area contributed by atoms with Gasteiger partial charge in [-0.2, -0.15) is 0 Å². The lowest BCUT2D eigenvalue weighted by molar-refractivity contribution is 0.0473. The van der Waals surface area contributed by atoms with Gasteiger partial charge in [0.2, 0.25) is 0 Å². The summed E-state index contributed by atoms with van der Waals surface area (Å²) >= 11 is 0. The second-order valence-corrected chi connectivity index (χ2v) is 5.46. The lowest BCUT2D eigenvalue weighted by Crippen LogP contribution is -2.17. The molecule has 1 aromatic heterocycles. The first-order chi connectivity index (χ1) is 12.6.